The molecular formula is C14H18F3NO3. The zero-order chi connectivity index (χ0) is 16.1. The highest BCUT2D eigenvalue weighted by Crippen LogP contribution is 2.29. The van der Waals surface area contributed by atoms with Gasteiger partial charge in [0.05, 0.1) is 11.2 Å². The van der Waals surface area contributed by atoms with Gasteiger partial charge in [-0.3, -0.25) is 4.79 Å². The summed E-state index contributed by atoms with van der Waals surface area (Å²) in [5.41, 5.74) is -1.85. The SMILES string of the molecule is COCCC(C)(O)CNC(=O)c1ccc(C(F)(F)F)cc1. The van der Waals surface area contributed by atoms with Gasteiger partial charge in [0.2, 0.25) is 0 Å². The number of alkyl halides is 3. The average Bonchev–Trinajstić information content (AvgIpc) is 2.42. The largest absolute Gasteiger partial charge is 0.416 e. The van der Waals surface area contributed by atoms with E-state index < -0.39 is 23.2 Å². The highest BCUT2D eigenvalue weighted by atomic mass is 19.4. The summed E-state index contributed by atoms with van der Waals surface area (Å²) in [6.45, 7) is 1.86. The van der Waals surface area contributed by atoms with Crippen molar-refractivity contribution < 1.29 is 27.8 Å². The van der Waals surface area contributed by atoms with Crippen LogP contribution >= 0.6 is 0 Å². The number of halogens is 3. The molecule has 21 heavy (non-hydrogen) atoms. The number of methoxy groups -OCH3 is 1. The molecule has 0 aliphatic heterocycles. The molecule has 1 atom stereocenters. The van der Waals surface area contributed by atoms with E-state index in [1.165, 1.54) is 7.11 Å². The molecule has 1 unspecified atom stereocenters. The van der Waals surface area contributed by atoms with Crippen LogP contribution in [0.25, 0.3) is 0 Å². The van der Waals surface area contributed by atoms with Crippen LogP contribution in [0.4, 0.5) is 13.2 Å². The minimum atomic E-state index is -4.43. The third-order valence-corrected chi connectivity index (χ3v) is 2.95. The van der Waals surface area contributed by atoms with Crippen molar-refractivity contribution in [2.24, 2.45) is 0 Å². The van der Waals surface area contributed by atoms with E-state index in [0.29, 0.717) is 13.0 Å². The monoisotopic (exact) mass is 305 g/mol. The van der Waals surface area contributed by atoms with Crippen LogP contribution in [0.3, 0.4) is 0 Å². The van der Waals surface area contributed by atoms with E-state index >= 15 is 0 Å². The van der Waals surface area contributed by atoms with Gasteiger partial charge in [-0.25, -0.2) is 0 Å². The molecular weight excluding hydrogens is 287 g/mol. The fourth-order valence-corrected chi connectivity index (χ4v) is 1.59. The highest BCUT2D eigenvalue weighted by Gasteiger charge is 2.30. The highest BCUT2D eigenvalue weighted by molar-refractivity contribution is 5.94. The topological polar surface area (TPSA) is 58.6 Å². The third kappa shape index (κ3) is 5.73. The zero-order valence-electron chi connectivity index (χ0n) is 11.8. The van der Waals surface area contributed by atoms with Crippen molar-refractivity contribution in [2.45, 2.75) is 25.1 Å². The molecule has 0 saturated heterocycles. The molecule has 2 N–H and O–H groups in total. The molecule has 4 nitrogen and oxygen atoms in total. The number of aliphatic hydroxyl groups is 1. The van der Waals surface area contributed by atoms with Crippen LogP contribution in [-0.2, 0) is 10.9 Å². The smallest absolute Gasteiger partial charge is 0.388 e. The molecule has 0 aliphatic carbocycles. The predicted octanol–water partition coefficient (Wildman–Crippen LogP) is 2.22. The van der Waals surface area contributed by atoms with Crippen molar-refractivity contribution in [3.63, 3.8) is 0 Å². The Morgan fingerprint density at radius 1 is 1.29 bits per heavy atom. The van der Waals surface area contributed by atoms with Gasteiger partial charge >= 0.3 is 6.18 Å². The van der Waals surface area contributed by atoms with Crippen molar-refractivity contribution in [2.75, 3.05) is 20.3 Å². The summed E-state index contributed by atoms with van der Waals surface area (Å²) < 4.78 is 42.0. The van der Waals surface area contributed by atoms with Gasteiger partial charge in [-0.2, -0.15) is 13.2 Å². The zero-order valence-corrected chi connectivity index (χ0v) is 11.8. The van der Waals surface area contributed by atoms with Gasteiger partial charge < -0.3 is 15.2 Å². The van der Waals surface area contributed by atoms with Gasteiger partial charge in [-0.1, -0.05) is 0 Å². The Bertz CT molecular complexity index is 469. The van der Waals surface area contributed by atoms with Crippen LogP contribution in [0, 0.1) is 0 Å². The first-order valence-electron chi connectivity index (χ1n) is 6.32. The van der Waals surface area contributed by atoms with Gasteiger partial charge in [-0.05, 0) is 31.2 Å². The van der Waals surface area contributed by atoms with Crippen molar-refractivity contribution >= 4 is 5.91 Å². The van der Waals surface area contributed by atoms with E-state index in [9.17, 15) is 23.1 Å². The summed E-state index contributed by atoms with van der Waals surface area (Å²) in [7, 11) is 1.50. The number of ether oxygens (including phenoxy) is 1. The maximum Gasteiger partial charge on any atom is 0.416 e. The van der Waals surface area contributed by atoms with E-state index in [4.69, 9.17) is 4.74 Å². The molecule has 118 valence electrons. The third-order valence-electron chi connectivity index (χ3n) is 2.95. The second-order valence-corrected chi connectivity index (χ2v) is 5.00. The number of rotatable bonds is 6. The Morgan fingerprint density at radius 2 is 1.86 bits per heavy atom. The van der Waals surface area contributed by atoms with Crippen LogP contribution in [0.15, 0.2) is 24.3 Å². The number of hydrogen-bond acceptors (Lipinski definition) is 3. The standard InChI is InChI=1S/C14H18F3NO3/c1-13(20,7-8-21-2)9-18-12(19)10-3-5-11(6-4-10)14(15,16)17/h3-6,20H,7-9H2,1-2H3,(H,18,19). The first-order valence-corrected chi connectivity index (χ1v) is 6.32. The lowest BCUT2D eigenvalue weighted by Crippen LogP contribution is -2.41. The van der Waals surface area contributed by atoms with E-state index in [1.54, 1.807) is 6.92 Å². The molecule has 0 radical (unpaired) electrons. The second kappa shape index (κ2) is 6.91. The average molecular weight is 305 g/mol. The van der Waals surface area contributed by atoms with Crippen LogP contribution < -0.4 is 5.32 Å². The number of benzene rings is 1. The Balaban J connectivity index is 2.60. The molecule has 1 aromatic rings. The molecule has 0 saturated carbocycles. The molecule has 0 bridgehead atoms. The lowest BCUT2D eigenvalue weighted by molar-refractivity contribution is -0.137. The minimum absolute atomic E-state index is 0.0176. The second-order valence-electron chi connectivity index (χ2n) is 5.00. The van der Waals surface area contributed by atoms with Crippen LogP contribution in [-0.4, -0.2) is 36.9 Å². The Morgan fingerprint density at radius 3 is 2.33 bits per heavy atom. The fraction of sp³-hybridized carbons (Fsp3) is 0.500. The predicted molar refractivity (Wildman–Crippen MR) is 70.9 cm³/mol. The Kier molecular flexibility index (Phi) is 5.74. The molecule has 0 heterocycles. The van der Waals surface area contributed by atoms with E-state index in [0.717, 1.165) is 24.3 Å². The molecule has 0 aromatic heterocycles. The maximum absolute atomic E-state index is 12.4. The molecule has 0 aliphatic rings. The first-order chi connectivity index (χ1) is 9.65. The number of carbonyl (C=O) groups excluding carboxylic acids is 1. The number of amides is 1. The summed E-state index contributed by atoms with van der Waals surface area (Å²) in [5.74, 6) is -0.540. The maximum atomic E-state index is 12.4. The normalized spacial score (nSPS) is 14.6. The molecule has 0 spiro atoms. The minimum Gasteiger partial charge on any atom is -0.388 e. The van der Waals surface area contributed by atoms with Gasteiger partial charge in [0.1, 0.15) is 0 Å². The molecule has 7 heteroatoms. The van der Waals surface area contributed by atoms with E-state index in [-0.39, 0.29) is 12.1 Å². The summed E-state index contributed by atoms with van der Waals surface area (Å²) in [6, 6.07) is 3.89. The molecule has 0 fully saturated rings. The number of hydrogen-bond donors (Lipinski definition) is 2. The van der Waals surface area contributed by atoms with Crippen LogP contribution in [0.1, 0.15) is 29.3 Å². The lowest BCUT2D eigenvalue weighted by atomic mass is 10.0. The number of nitrogens with one attached hydrogen (secondary N) is 1. The van der Waals surface area contributed by atoms with Crippen molar-refractivity contribution in [1.29, 1.82) is 0 Å². The summed E-state index contributed by atoms with van der Waals surface area (Å²) >= 11 is 0. The van der Waals surface area contributed by atoms with E-state index in [2.05, 4.69) is 5.32 Å². The molecule has 1 amide bonds. The van der Waals surface area contributed by atoms with Gasteiger partial charge in [0.25, 0.3) is 5.91 Å². The van der Waals surface area contributed by atoms with E-state index in [1.807, 2.05) is 0 Å². The fourth-order valence-electron chi connectivity index (χ4n) is 1.59. The van der Waals surface area contributed by atoms with Gasteiger partial charge in [0, 0.05) is 32.2 Å². The van der Waals surface area contributed by atoms with Crippen molar-refractivity contribution in [3.05, 3.63) is 35.4 Å². The first kappa shape index (κ1) is 17.5. The quantitative estimate of drug-likeness (QED) is 0.847. The Labute approximate surface area is 120 Å². The number of carbonyl (C=O) groups is 1. The van der Waals surface area contributed by atoms with Crippen LogP contribution in [0.2, 0.25) is 0 Å². The van der Waals surface area contributed by atoms with Crippen LogP contribution in [0.5, 0.6) is 0 Å². The Hall–Kier alpha value is -1.60. The summed E-state index contributed by atoms with van der Waals surface area (Å²) in [5, 5.41) is 12.4. The van der Waals surface area contributed by atoms with Crippen molar-refractivity contribution in [3.8, 4) is 0 Å². The van der Waals surface area contributed by atoms with Gasteiger partial charge in [0.15, 0.2) is 0 Å². The summed E-state index contributed by atoms with van der Waals surface area (Å²) in [6.07, 6.45) is -4.10. The summed E-state index contributed by atoms with van der Waals surface area (Å²) in [4.78, 5) is 11.8. The van der Waals surface area contributed by atoms with Gasteiger partial charge in [-0.15, -0.1) is 0 Å². The molecule has 1 aromatic carbocycles. The lowest BCUT2D eigenvalue weighted by Gasteiger charge is -2.23. The molecule has 1 rings (SSSR count). The van der Waals surface area contributed by atoms with Crippen molar-refractivity contribution in [1.82, 2.24) is 5.32 Å².